The van der Waals surface area contributed by atoms with E-state index < -0.39 is 24.8 Å². The summed E-state index contributed by atoms with van der Waals surface area (Å²) in [5.74, 6) is -0.0609. The lowest BCUT2D eigenvalue weighted by Crippen LogP contribution is -2.36. The summed E-state index contributed by atoms with van der Waals surface area (Å²) < 4.78 is 0. The van der Waals surface area contributed by atoms with Crippen LogP contribution in [0, 0.1) is 0 Å². The largest absolute Gasteiger partial charge is 0.508 e. The van der Waals surface area contributed by atoms with Crippen LogP contribution in [0.5, 0.6) is 5.75 Å². The lowest BCUT2D eigenvalue weighted by molar-refractivity contribution is 0.0722. The minimum atomic E-state index is -1.01. The Balaban J connectivity index is 2.20. The van der Waals surface area contributed by atoms with Gasteiger partial charge in [-0.3, -0.25) is 0 Å². The van der Waals surface area contributed by atoms with E-state index in [4.69, 9.17) is 28.3 Å². The van der Waals surface area contributed by atoms with Crippen LogP contribution in [0.4, 0.5) is 4.79 Å². The summed E-state index contributed by atoms with van der Waals surface area (Å²) in [5, 5.41) is 31.2. The lowest BCUT2D eigenvalue weighted by Gasteiger charge is -2.18. The van der Waals surface area contributed by atoms with Crippen LogP contribution in [-0.4, -0.2) is 52.1 Å². The highest BCUT2D eigenvalue weighted by molar-refractivity contribution is 6.42. The quantitative estimate of drug-likeness (QED) is 0.669. The molecule has 6 nitrogen and oxygen atoms in total. The van der Waals surface area contributed by atoms with Gasteiger partial charge in [-0.2, -0.15) is 0 Å². The predicted octanol–water partition coefficient (Wildman–Crippen LogP) is 1.12. The van der Waals surface area contributed by atoms with Crippen LogP contribution in [0.1, 0.15) is 11.6 Å². The van der Waals surface area contributed by atoms with Crippen molar-refractivity contribution in [3.8, 4) is 5.75 Å². The molecule has 4 N–H and O–H groups in total. The molecule has 0 unspecified atom stereocenters. The van der Waals surface area contributed by atoms with Gasteiger partial charge in [-0.05, 0) is 12.1 Å². The molecule has 1 saturated heterocycles. The Morgan fingerprint density at radius 1 is 1.45 bits per heavy atom. The Kier molecular flexibility index (Phi) is 4.59. The van der Waals surface area contributed by atoms with Gasteiger partial charge in [-0.15, -0.1) is 0 Å². The van der Waals surface area contributed by atoms with Gasteiger partial charge >= 0.3 is 6.03 Å². The van der Waals surface area contributed by atoms with Gasteiger partial charge < -0.3 is 25.5 Å². The number of aliphatic hydroxyl groups excluding tert-OH is 2. The van der Waals surface area contributed by atoms with Crippen molar-refractivity contribution in [2.45, 2.75) is 12.1 Å². The maximum atomic E-state index is 11.8. The molecule has 0 aliphatic carbocycles. The number of β-amino-alcohol motifs (C(OH)–C–C–N with tert-alkyl or cyclic N) is 1. The standard InChI is InChI=1S/C12H14Cl2N2O4/c13-7-1-2-9(19)10(11(7)14)8-4-16(12(20)15-8)3-6(18)5-17/h1-2,6,8,17-19H,3-5H2,(H,15,20)/t6-,8-/m1/s1. The number of hydrogen-bond donors (Lipinski definition) is 4. The van der Waals surface area contributed by atoms with E-state index in [2.05, 4.69) is 5.32 Å². The fourth-order valence-corrected chi connectivity index (χ4v) is 2.57. The first kappa shape index (κ1) is 15.2. The Morgan fingerprint density at radius 2 is 2.15 bits per heavy atom. The first-order valence-corrected chi connectivity index (χ1v) is 6.70. The number of hydrogen-bond acceptors (Lipinski definition) is 4. The van der Waals surface area contributed by atoms with Crippen molar-refractivity contribution in [3.63, 3.8) is 0 Å². The number of carbonyl (C=O) groups excluding carboxylic acids is 1. The van der Waals surface area contributed by atoms with Crippen molar-refractivity contribution in [2.24, 2.45) is 0 Å². The molecule has 1 aliphatic heterocycles. The molecule has 1 fully saturated rings. The van der Waals surface area contributed by atoms with Gasteiger partial charge in [0.2, 0.25) is 0 Å². The molecule has 0 bridgehead atoms. The van der Waals surface area contributed by atoms with Crippen molar-refractivity contribution in [1.29, 1.82) is 0 Å². The molecule has 1 heterocycles. The smallest absolute Gasteiger partial charge is 0.318 e. The highest BCUT2D eigenvalue weighted by Gasteiger charge is 2.33. The van der Waals surface area contributed by atoms with E-state index in [0.717, 1.165) is 0 Å². The van der Waals surface area contributed by atoms with Gasteiger partial charge in [0.1, 0.15) is 5.75 Å². The monoisotopic (exact) mass is 320 g/mol. The second-order valence-electron chi connectivity index (χ2n) is 4.54. The number of phenols is 1. The van der Waals surface area contributed by atoms with Gasteiger partial charge in [0.05, 0.1) is 35.3 Å². The number of nitrogens with one attached hydrogen (secondary N) is 1. The summed E-state index contributed by atoms with van der Waals surface area (Å²) >= 11 is 12.0. The van der Waals surface area contributed by atoms with Gasteiger partial charge in [-0.1, -0.05) is 23.2 Å². The SMILES string of the molecule is O=C1N[C@@H](c2c(O)ccc(Cl)c2Cl)CN1C[C@@H](O)CO. The van der Waals surface area contributed by atoms with Gasteiger partial charge in [0.25, 0.3) is 0 Å². The van der Waals surface area contributed by atoms with Crippen molar-refractivity contribution < 1.29 is 20.1 Å². The molecular weight excluding hydrogens is 307 g/mol. The lowest BCUT2D eigenvalue weighted by atomic mass is 10.1. The van der Waals surface area contributed by atoms with E-state index in [1.54, 1.807) is 0 Å². The summed E-state index contributed by atoms with van der Waals surface area (Å²) in [6.45, 7) is -0.223. The van der Waals surface area contributed by atoms with Crippen molar-refractivity contribution in [1.82, 2.24) is 10.2 Å². The van der Waals surface area contributed by atoms with E-state index in [-0.39, 0.29) is 28.9 Å². The van der Waals surface area contributed by atoms with E-state index in [1.165, 1.54) is 17.0 Å². The molecule has 2 rings (SSSR count). The number of carbonyl (C=O) groups is 1. The van der Waals surface area contributed by atoms with Crippen molar-refractivity contribution in [2.75, 3.05) is 19.7 Å². The molecule has 0 aromatic heterocycles. The van der Waals surface area contributed by atoms with Gasteiger partial charge in [-0.25, -0.2) is 4.79 Å². The van der Waals surface area contributed by atoms with E-state index >= 15 is 0 Å². The normalized spacial score (nSPS) is 20.1. The molecule has 2 amide bonds. The highest BCUT2D eigenvalue weighted by Crippen LogP contribution is 2.38. The summed E-state index contributed by atoms with van der Waals surface area (Å²) in [7, 11) is 0. The maximum absolute atomic E-state index is 11.8. The average Bonchev–Trinajstić information content (AvgIpc) is 2.75. The Labute approximate surface area is 125 Å². The van der Waals surface area contributed by atoms with Crippen LogP contribution in [0.3, 0.4) is 0 Å². The number of urea groups is 1. The van der Waals surface area contributed by atoms with E-state index in [9.17, 15) is 15.0 Å². The summed E-state index contributed by atoms with van der Waals surface area (Å²) in [6, 6.07) is 1.94. The number of amides is 2. The van der Waals surface area contributed by atoms with Crippen molar-refractivity contribution in [3.05, 3.63) is 27.7 Å². The van der Waals surface area contributed by atoms with Gasteiger partial charge in [0.15, 0.2) is 0 Å². The molecule has 0 spiro atoms. The number of halogens is 2. The number of aromatic hydroxyl groups is 1. The van der Waals surface area contributed by atoms with Crippen LogP contribution in [0.15, 0.2) is 12.1 Å². The summed E-state index contributed by atoms with van der Waals surface area (Å²) in [6.07, 6.45) is -1.01. The van der Waals surface area contributed by atoms with Crippen LogP contribution in [0.25, 0.3) is 0 Å². The molecule has 20 heavy (non-hydrogen) atoms. The Bertz CT molecular complexity index is 526. The number of aliphatic hydroxyl groups is 2. The van der Waals surface area contributed by atoms with E-state index in [0.29, 0.717) is 5.56 Å². The number of rotatable bonds is 4. The molecule has 1 aromatic rings. The first-order valence-electron chi connectivity index (χ1n) is 5.95. The summed E-state index contributed by atoms with van der Waals surface area (Å²) in [4.78, 5) is 13.1. The zero-order valence-corrected chi connectivity index (χ0v) is 11.9. The molecule has 0 radical (unpaired) electrons. The first-order chi connectivity index (χ1) is 9.43. The molecule has 2 atom stereocenters. The zero-order valence-electron chi connectivity index (χ0n) is 10.4. The third-order valence-corrected chi connectivity index (χ3v) is 3.91. The van der Waals surface area contributed by atoms with Crippen LogP contribution >= 0.6 is 23.2 Å². The third kappa shape index (κ3) is 2.93. The third-order valence-electron chi connectivity index (χ3n) is 3.09. The average molecular weight is 321 g/mol. The maximum Gasteiger partial charge on any atom is 0.318 e. The second kappa shape index (κ2) is 6.05. The summed E-state index contributed by atoms with van der Waals surface area (Å²) in [5.41, 5.74) is 0.341. The molecule has 8 heteroatoms. The molecule has 1 aromatic carbocycles. The predicted molar refractivity (Wildman–Crippen MR) is 74.1 cm³/mol. The fourth-order valence-electron chi connectivity index (χ4n) is 2.11. The van der Waals surface area contributed by atoms with Crippen LogP contribution in [0.2, 0.25) is 10.0 Å². The minimum Gasteiger partial charge on any atom is -0.508 e. The second-order valence-corrected chi connectivity index (χ2v) is 5.32. The molecule has 1 aliphatic rings. The number of nitrogens with zero attached hydrogens (tertiary/aromatic N) is 1. The number of benzene rings is 1. The Morgan fingerprint density at radius 3 is 2.80 bits per heavy atom. The highest BCUT2D eigenvalue weighted by atomic mass is 35.5. The molecule has 0 saturated carbocycles. The topological polar surface area (TPSA) is 93.0 Å². The molecular formula is C12H14Cl2N2O4. The van der Waals surface area contributed by atoms with E-state index in [1.807, 2.05) is 0 Å². The minimum absolute atomic E-state index is 0.00220. The van der Waals surface area contributed by atoms with Crippen LogP contribution in [-0.2, 0) is 0 Å². The van der Waals surface area contributed by atoms with Crippen LogP contribution < -0.4 is 5.32 Å². The molecule has 110 valence electrons. The van der Waals surface area contributed by atoms with Gasteiger partial charge in [0, 0.05) is 12.1 Å². The Hall–Kier alpha value is -1.21. The van der Waals surface area contributed by atoms with Crippen molar-refractivity contribution >= 4 is 29.2 Å². The zero-order chi connectivity index (χ0) is 14.9. The number of phenolic OH excluding ortho intramolecular Hbond substituents is 1. The fraction of sp³-hybridized carbons (Fsp3) is 0.417.